The number of alkyl halides is 3. The molecule has 6 aromatic carbocycles. The highest BCUT2D eigenvalue weighted by molar-refractivity contribution is 7.85. The number of para-hydroxylation sites is 2. The largest absolute Gasteiger partial charge is 0.481 e. The molecule has 27 heteroatoms. The van der Waals surface area contributed by atoms with Crippen LogP contribution in [0.2, 0.25) is 0 Å². The molecule has 0 fully saturated rings. The predicted molar refractivity (Wildman–Crippen MR) is 250 cm³/mol. The lowest BCUT2D eigenvalue weighted by atomic mass is 10.1. The van der Waals surface area contributed by atoms with E-state index in [0.717, 1.165) is 28.1 Å². The number of hydrogen-bond acceptors (Lipinski definition) is 11. The molecule has 0 aliphatic carbocycles. The predicted octanol–water partition coefficient (Wildman–Crippen LogP) is 8.36. The number of anilines is 1. The molecule has 1 aliphatic heterocycles. The Labute approximate surface area is 419 Å². The van der Waals surface area contributed by atoms with Crippen LogP contribution < -0.4 is 16.1 Å². The fraction of sp³-hybridized carbons (Fsp3) is 0.0612. The number of amides is 2. The molecule has 0 bridgehead atoms. The molecule has 0 spiro atoms. The lowest BCUT2D eigenvalue weighted by molar-refractivity contribution is -0.140. The quantitative estimate of drug-likeness (QED) is 0.0341. The zero-order valence-electron chi connectivity index (χ0n) is 38.0. The molecule has 19 nitrogen and oxygen atoms in total. The van der Waals surface area contributed by atoms with Gasteiger partial charge in [0.2, 0.25) is 0 Å². The summed E-state index contributed by atoms with van der Waals surface area (Å²) in [6.45, 7) is 1.81. The molecule has 8 aromatic rings. The summed E-state index contributed by atoms with van der Waals surface area (Å²) in [5.74, 6) is -11.6. The summed E-state index contributed by atoms with van der Waals surface area (Å²) in [4.78, 5) is 92.2. The Hall–Kier alpha value is -9.76. The fourth-order valence-corrected chi connectivity index (χ4v) is 7.11. The molecule has 9 rings (SSSR count). The third-order valence-corrected chi connectivity index (χ3v) is 11.0. The zero-order valence-corrected chi connectivity index (χ0v) is 38.8. The van der Waals surface area contributed by atoms with Crippen LogP contribution in [0.3, 0.4) is 0 Å². The second-order valence-corrected chi connectivity index (χ2v) is 16.6. The number of H-pyrrole nitrogens is 2. The van der Waals surface area contributed by atoms with Crippen molar-refractivity contribution in [1.29, 1.82) is 0 Å². The first kappa shape index (κ1) is 57.1. The van der Waals surface area contributed by atoms with E-state index in [2.05, 4.69) is 0 Å². The van der Waals surface area contributed by atoms with Gasteiger partial charge in [0.1, 0.15) is 28.4 Å². The van der Waals surface area contributed by atoms with Gasteiger partial charge in [0.05, 0.1) is 44.8 Å². The number of carboxylic acid groups (broad SMARTS) is 4. The number of carbonyl (C=O) groups is 6. The van der Waals surface area contributed by atoms with E-state index in [1.54, 1.807) is 23.2 Å². The van der Waals surface area contributed by atoms with Gasteiger partial charge in [-0.3, -0.25) is 28.7 Å². The molecule has 3 heterocycles. The Morgan fingerprint density at radius 3 is 1.80 bits per heavy atom. The molecule has 0 unspecified atom stereocenters. The number of aliphatic carboxylic acids is 1. The summed E-state index contributed by atoms with van der Waals surface area (Å²) in [7, 11) is -4.18. The Balaban J connectivity index is 0.000000179. The normalized spacial score (nSPS) is 11.7. The smallest absolute Gasteiger partial charge is 0.419 e. The fourth-order valence-electron chi connectivity index (χ4n) is 6.60. The summed E-state index contributed by atoms with van der Waals surface area (Å²) in [5.41, 5.74) is -2.09. The van der Waals surface area contributed by atoms with Crippen LogP contribution in [0, 0.1) is 30.2 Å². The van der Waals surface area contributed by atoms with Crippen molar-refractivity contribution < 1.29 is 97.3 Å². The van der Waals surface area contributed by atoms with Gasteiger partial charge in [-0.25, -0.2) is 41.6 Å². The number of carbonyl (C=O) groups excluding carboxylic acids is 2. The van der Waals surface area contributed by atoms with Gasteiger partial charge in [-0.15, -0.1) is 0 Å². The van der Waals surface area contributed by atoms with Crippen molar-refractivity contribution in [2.45, 2.75) is 24.4 Å². The number of hydrogen-bond donors (Lipinski definition) is 7. The van der Waals surface area contributed by atoms with Crippen LogP contribution in [-0.4, -0.2) is 79.1 Å². The zero-order chi connectivity index (χ0) is 56.6. The van der Waals surface area contributed by atoms with E-state index >= 15 is 0 Å². The third-order valence-electron chi connectivity index (χ3n) is 10.2. The van der Waals surface area contributed by atoms with Gasteiger partial charge >= 0.3 is 35.7 Å². The Morgan fingerprint density at radius 1 is 0.645 bits per heavy atom. The van der Waals surface area contributed by atoms with Crippen LogP contribution in [0.15, 0.2) is 140 Å². The number of aromatic amines is 2. The molecule has 394 valence electrons. The number of imide groups is 1. The summed E-state index contributed by atoms with van der Waals surface area (Å²) in [6.07, 6.45) is -4.89. The molecule has 0 radical (unpaired) electrons. The number of furan rings is 1. The van der Waals surface area contributed by atoms with E-state index < -0.39 is 115 Å². The van der Waals surface area contributed by atoms with E-state index in [4.69, 9.17) is 29.4 Å². The number of nitrogens with zero attached hydrogens (tertiary/aromatic N) is 1. The number of benzene rings is 6. The Kier molecular flexibility index (Phi) is 17.6. The molecule has 7 N–H and O–H groups in total. The number of halogens is 7. The molecule has 76 heavy (non-hydrogen) atoms. The molecule has 0 saturated heterocycles. The number of aromatic carboxylic acids is 3. The van der Waals surface area contributed by atoms with Crippen LogP contribution in [0.4, 0.5) is 36.4 Å². The van der Waals surface area contributed by atoms with Crippen LogP contribution in [-0.2, 0) is 27.5 Å². The second-order valence-electron chi connectivity index (χ2n) is 15.2. The Morgan fingerprint density at radius 2 is 1.21 bits per heavy atom. The summed E-state index contributed by atoms with van der Waals surface area (Å²) in [6, 6.07) is 25.4. The molecule has 2 aromatic heterocycles. The maximum Gasteiger partial charge on any atom is 0.419 e. The van der Waals surface area contributed by atoms with Crippen LogP contribution >= 0.6 is 0 Å². The van der Waals surface area contributed by atoms with Crippen molar-refractivity contribution in [3.05, 3.63) is 210 Å². The molecule has 1 aliphatic rings. The highest BCUT2D eigenvalue weighted by Gasteiger charge is 2.38. The van der Waals surface area contributed by atoms with E-state index in [0.29, 0.717) is 40.4 Å². The third kappa shape index (κ3) is 13.6. The molecular formula is C49H32F7N3O16S. The van der Waals surface area contributed by atoms with Gasteiger partial charge in [0.25, 0.3) is 27.5 Å². The minimum absolute atomic E-state index is 0.0125. The van der Waals surface area contributed by atoms with Crippen molar-refractivity contribution in [3.63, 3.8) is 0 Å². The van der Waals surface area contributed by atoms with Crippen molar-refractivity contribution in [2.24, 2.45) is 0 Å². The average Bonchev–Trinajstić information content (AvgIpc) is 3.84. The monoisotopic (exact) mass is 1080 g/mol. The number of nitrogens with one attached hydrogen (secondary N) is 2. The molecule has 2 amide bonds. The number of aryl methyl sites for hydroxylation is 1. The Bertz CT molecular complexity index is 3850. The average molecular weight is 1080 g/mol. The summed E-state index contributed by atoms with van der Waals surface area (Å²) in [5, 5.41) is 35.4. The van der Waals surface area contributed by atoms with Gasteiger partial charge in [-0.05, 0) is 91.3 Å². The summed E-state index contributed by atoms with van der Waals surface area (Å²) >= 11 is 0. The van der Waals surface area contributed by atoms with E-state index in [-0.39, 0.29) is 27.7 Å². The lowest BCUT2D eigenvalue weighted by Crippen LogP contribution is -2.29. The first-order chi connectivity index (χ1) is 35.5. The number of aromatic nitrogens is 2. The minimum Gasteiger partial charge on any atom is -0.481 e. The number of rotatable bonds is 7. The van der Waals surface area contributed by atoms with E-state index in [1.165, 1.54) is 30.3 Å². The van der Waals surface area contributed by atoms with Crippen LogP contribution in [0.25, 0.3) is 21.9 Å². The van der Waals surface area contributed by atoms with Gasteiger partial charge in [0.15, 0.2) is 11.6 Å². The van der Waals surface area contributed by atoms with Gasteiger partial charge in [0, 0.05) is 22.5 Å². The van der Waals surface area contributed by atoms with Gasteiger partial charge < -0.3 is 29.8 Å². The standard InChI is InChI=1S/C16H11NO4.C12H8O4S.C8H4F4O2.C8H5F3O2.C5H4N2O4/c1-9-4-2-3-5-13(9)17-14(18)11-7-6-10(16(20)21)8-12(11)15(17)19;13-17(14,15)8-5-6-12-10(7-8)9-3-1-2-4-11(9)16-12;9-6-2-1-4(7(13)14)3-5(6)8(10,11)12;9-5-1-2-6(10)8(11)4(5)3-7(12)13;8-3-2(4(9)10)1-6-5(11)7-3/h2-8H,1H3,(H,20,21);1-7H,(H,13,14,15);1-3H,(H,13,14);1-2H,3H2,(H,12,13);1H,(H,9,10)(H2,6,7,8,11). The molecule has 0 atom stereocenters. The van der Waals surface area contributed by atoms with Crippen LogP contribution in [0.5, 0.6) is 0 Å². The number of fused-ring (bicyclic) bond motifs is 4. The van der Waals surface area contributed by atoms with E-state index in [9.17, 15) is 77.5 Å². The highest BCUT2D eigenvalue weighted by atomic mass is 32.2. The first-order valence-corrected chi connectivity index (χ1v) is 22.2. The second kappa shape index (κ2) is 23.4. The number of carboxylic acids is 4. The van der Waals surface area contributed by atoms with Gasteiger partial charge in [-0.2, -0.15) is 21.6 Å². The van der Waals surface area contributed by atoms with Crippen molar-refractivity contribution >= 4 is 73.4 Å². The van der Waals surface area contributed by atoms with Crippen molar-refractivity contribution in [2.75, 3.05) is 4.90 Å². The minimum atomic E-state index is -4.88. The molecule has 0 saturated carbocycles. The van der Waals surface area contributed by atoms with Crippen LogP contribution in [0.1, 0.15) is 68.5 Å². The van der Waals surface area contributed by atoms with E-state index in [1.807, 2.05) is 48.3 Å². The van der Waals surface area contributed by atoms with Gasteiger partial charge in [-0.1, -0.05) is 36.4 Å². The topological polar surface area (TPSA) is 320 Å². The molecular weight excluding hydrogens is 1050 g/mol. The van der Waals surface area contributed by atoms with Crippen molar-refractivity contribution in [1.82, 2.24) is 9.97 Å². The summed E-state index contributed by atoms with van der Waals surface area (Å²) < 4.78 is 123. The highest BCUT2D eigenvalue weighted by Crippen LogP contribution is 2.33. The van der Waals surface area contributed by atoms with Crippen molar-refractivity contribution in [3.8, 4) is 0 Å². The first-order valence-electron chi connectivity index (χ1n) is 20.7. The maximum absolute atomic E-state index is 12.7. The maximum atomic E-state index is 12.7. The lowest BCUT2D eigenvalue weighted by Gasteiger charge is -2.16. The SMILES string of the molecule is Cc1ccccc1N1C(=O)c2ccc(C(=O)O)cc2C1=O.O=C(O)Cc1c(F)ccc(F)c1F.O=C(O)c1c[nH]c(=O)[nH]c1=O.O=C(O)c1ccc(F)c(C(F)(F)F)c1.O=S(=O)(O)c1ccc2oc3ccccc3c2c1.